The van der Waals surface area contributed by atoms with Gasteiger partial charge in [0.1, 0.15) is 0 Å². The van der Waals surface area contributed by atoms with Gasteiger partial charge in [0.05, 0.1) is 0 Å². The molecule has 1 N–H and O–H groups in total. The molecule has 2 nitrogen and oxygen atoms in total. The van der Waals surface area contributed by atoms with Crippen molar-refractivity contribution in [3.05, 3.63) is 82.1 Å². The van der Waals surface area contributed by atoms with E-state index in [0.717, 1.165) is 17.3 Å². The molecule has 3 rings (SSSR count). The Morgan fingerprint density at radius 2 is 1.61 bits per heavy atom. The van der Waals surface area contributed by atoms with E-state index in [0.29, 0.717) is 0 Å². The number of benzene rings is 2. The number of hydrogen-bond acceptors (Lipinski definition) is 1. The summed E-state index contributed by atoms with van der Waals surface area (Å²) in [4.78, 5) is 14.2. The number of nitrogens with one attached hydrogen (secondary N) is 1. The van der Waals surface area contributed by atoms with Crippen LogP contribution in [0.15, 0.2) is 65.5 Å². The maximum absolute atomic E-state index is 11.3. The maximum atomic E-state index is 11.3. The number of H-pyrrole nitrogens is 1. The number of fused-ring (bicyclic) bond motifs is 1. The third kappa shape index (κ3) is 2.18. The summed E-state index contributed by atoms with van der Waals surface area (Å²) in [6.45, 7) is 0. The van der Waals surface area contributed by atoms with Gasteiger partial charge in [-0.15, -0.1) is 0 Å². The van der Waals surface area contributed by atoms with Crippen LogP contribution >= 0.6 is 0 Å². The van der Waals surface area contributed by atoms with Crippen LogP contribution in [0.2, 0.25) is 0 Å². The molecule has 2 heteroatoms. The first-order valence-electron chi connectivity index (χ1n) is 5.97. The molecule has 0 amide bonds. The Morgan fingerprint density at radius 3 is 2.44 bits per heavy atom. The largest absolute Gasteiger partial charge is 0.322 e. The summed E-state index contributed by atoms with van der Waals surface area (Å²) in [6, 6.07) is 19.9. The van der Waals surface area contributed by atoms with Crippen molar-refractivity contribution in [3.63, 3.8) is 0 Å². The third-order valence-electron chi connectivity index (χ3n) is 3.04. The molecule has 0 atom stereocenters. The molecule has 1 heterocycles. The second-order valence-electron chi connectivity index (χ2n) is 4.41. The number of hydrogen-bond donors (Lipinski definition) is 1. The van der Waals surface area contributed by atoms with Crippen molar-refractivity contribution >= 4 is 10.9 Å². The number of rotatable bonds is 2. The minimum atomic E-state index is -0.0561. The molecule has 0 aliphatic rings. The molecule has 0 saturated heterocycles. The predicted octanol–water partition coefficient (Wildman–Crippen LogP) is 3.12. The second kappa shape index (κ2) is 4.49. The molecule has 0 radical (unpaired) electrons. The molecule has 0 bridgehead atoms. The van der Waals surface area contributed by atoms with E-state index in [9.17, 15) is 4.79 Å². The lowest BCUT2D eigenvalue weighted by Gasteiger charge is -2.04. The highest BCUT2D eigenvalue weighted by molar-refractivity contribution is 5.78. The fourth-order valence-electron chi connectivity index (χ4n) is 2.14. The van der Waals surface area contributed by atoms with E-state index in [4.69, 9.17) is 0 Å². The summed E-state index contributed by atoms with van der Waals surface area (Å²) < 4.78 is 0. The van der Waals surface area contributed by atoms with Crippen LogP contribution in [0.25, 0.3) is 10.9 Å². The van der Waals surface area contributed by atoms with E-state index in [2.05, 4.69) is 23.2 Å². The van der Waals surface area contributed by atoms with E-state index in [-0.39, 0.29) is 5.56 Å². The molecule has 3 aromatic rings. The number of aromatic nitrogens is 1. The molecule has 0 spiro atoms. The minimum absolute atomic E-state index is 0.0561. The average molecular weight is 235 g/mol. The van der Waals surface area contributed by atoms with Gasteiger partial charge >= 0.3 is 0 Å². The van der Waals surface area contributed by atoms with Crippen molar-refractivity contribution in [3.8, 4) is 0 Å². The molecule has 0 unspecified atom stereocenters. The van der Waals surface area contributed by atoms with E-state index >= 15 is 0 Å². The number of aromatic amines is 1. The molecule has 0 aliphatic heterocycles. The lowest BCUT2D eigenvalue weighted by Crippen LogP contribution is -2.02. The summed E-state index contributed by atoms with van der Waals surface area (Å²) in [6.07, 6.45) is 0.883. The Bertz CT molecular complexity index is 729. The van der Waals surface area contributed by atoms with Crippen molar-refractivity contribution < 1.29 is 0 Å². The summed E-state index contributed by atoms with van der Waals surface area (Å²) in [5.41, 5.74) is 3.32. The Labute approximate surface area is 105 Å². The first kappa shape index (κ1) is 10.8. The van der Waals surface area contributed by atoms with Gasteiger partial charge in [0.2, 0.25) is 5.56 Å². The zero-order chi connectivity index (χ0) is 12.4. The van der Waals surface area contributed by atoms with Gasteiger partial charge in [0.15, 0.2) is 0 Å². The Morgan fingerprint density at radius 1 is 0.833 bits per heavy atom. The topological polar surface area (TPSA) is 32.9 Å². The Balaban J connectivity index is 2.00. The van der Waals surface area contributed by atoms with Gasteiger partial charge in [0, 0.05) is 11.6 Å². The van der Waals surface area contributed by atoms with Gasteiger partial charge in [-0.2, -0.15) is 0 Å². The van der Waals surface area contributed by atoms with Crippen molar-refractivity contribution in [1.29, 1.82) is 0 Å². The smallest absolute Gasteiger partial charge is 0.248 e. The third-order valence-corrected chi connectivity index (χ3v) is 3.04. The van der Waals surface area contributed by atoms with Gasteiger partial charge in [-0.25, -0.2) is 0 Å². The summed E-state index contributed by atoms with van der Waals surface area (Å²) in [5, 5.41) is 1.06. The van der Waals surface area contributed by atoms with Crippen molar-refractivity contribution in [2.24, 2.45) is 0 Å². The molecule has 0 fully saturated rings. The van der Waals surface area contributed by atoms with Gasteiger partial charge in [-0.1, -0.05) is 42.5 Å². The first-order valence-corrected chi connectivity index (χ1v) is 5.97. The van der Waals surface area contributed by atoms with Gasteiger partial charge in [-0.3, -0.25) is 4.79 Å². The van der Waals surface area contributed by atoms with Crippen LogP contribution in [0.4, 0.5) is 0 Å². The van der Waals surface area contributed by atoms with E-state index in [1.807, 2.05) is 36.4 Å². The van der Waals surface area contributed by atoms with Crippen molar-refractivity contribution in [2.75, 3.05) is 0 Å². The van der Waals surface area contributed by atoms with Crippen LogP contribution in [0.5, 0.6) is 0 Å². The molecule has 1 aromatic heterocycles. The van der Waals surface area contributed by atoms with E-state index in [1.54, 1.807) is 6.07 Å². The van der Waals surface area contributed by atoms with E-state index in [1.165, 1.54) is 11.1 Å². The average Bonchev–Trinajstić information content (AvgIpc) is 2.39. The van der Waals surface area contributed by atoms with Crippen molar-refractivity contribution in [2.45, 2.75) is 6.42 Å². The van der Waals surface area contributed by atoms with Gasteiger partial charge in [0.25, 0.3) is 0 Å². The van der Waals surface area contributed by atoms with Crippen LogP contribution in [0.3, 0.4) is 0 Å². The quantitative estimate of drug-likeness (QED) is 0.727. The highest BCUT2D eigenvalue weighted by Gasteiger charge is 1.99. The maximum Gasteiger partial charge on any atom is 0.248 e. The molecule has 18 heavy (non-hydrogen) atoms. The van der Waals surface area contributed by atoms with Crippen LogP contribution in [-0.4, -0.2) is 4.98 Å². The fourth-order valence-corrected chi connectivity index (χ4v) is 2.14. The lowest BCUT2D eigenvalue weighted by atomic mass is 10.0. The second-order valence-corrected chi connectivity index (χ2v) is 4.41. The predicted molar refractivity (Wildman–Crippen MR) is 73.8 cm³/mol. The zero-order valence-corrected chi connectivity index (χ0v) is 9.89. The first-order chi connectivity index (χ1) is 8.81. The minimum Gasteiger partial charge on any atom is -0.322 e. The van der Waals surface area contributed by atoms with Crippen LogP contribution < -0.4 is 5.56 Å². The molecule has 0 aliphatic carbocycles. The highest BCUT2D eigenvalue weighted by atomic mass is 16.1. The van der Waals surface area contributed by atoms with Gasteiger partial charge in [-0.05, 0) is 35.1 Å². The molecular weight excluding hydrogens is 222 g/mol. The van der Waals surface area contributed by atoms with E-state index < -0.39 is 0 Å². The molecule has 2 aromatic carbocycles. The summed E-state index contributed by atoms with van der Waals surface area (Å²) in [5.74, 6) is 0. The standard InChI is InChI=1S/C16H13NO/c18-16-9-8-14-7-6-13(11-15(14)17-16)10-12-4-2-1-3-5-12/h1-9,11H,10H2,(H,17,18). The number of pyridine rings is 1. The summed E-state index contributed by atoms with van der Waals surface area (Å²) in [7, 11) is 0. The van der Waals surface area contributed by atoms with Crippen LogP contribution in [0.1, 0.15) is 11.1 Å². The Hall–Kier alpha value is -2.35. The molecule has 88 valence electrons. The van der Waals surface area contributed by atoms with Crippen molar-refractivity contribution in [1.82, 2.24) is 4.98 Å². The SMILES string of the molecule is O=c1ccc2ccc(Cc3ccccc3)cc2[nH]1. The van der Waals surface area contributed by atoms with Gasteiger partial charge < -0.3 is 4.98 Å². The van der Waals surface area contributed by atoms with Crippen LogP contribution in [-0.2, 0) is 6.42 Å². The molecule has 0 saturated carbocycles. The zero-order valence-electron chi connectivity index (χ0n) is 9.89. The molecular formula is C16H13NO. The monoisotopic (exact) mass is 235 g/mol. The summed E-state index contributed by atoms with van der Waals surface area (Å²) >= 11 is 0. The Kier molecular flexibility index (Phi) is 2.69. The normalized spacial score (nSPS) is 10.7. The highest BCUT2D eigenvalue weighted by Crippen LogP contribution is 2.15. The fraction of sp³-hybridized carbons (Fsp3) is 0.0625. The van der Waals surface area contributed by atoms with Crippen LogP contribution in [0, 0.1) is 0 Å². The lowest BCUT2D eigenvalue weighted by molar-refractivity contribution is 1.19.